The minimum atomic E-state index is 0.877. The molecule has 0 N–H and O–H groups in total. The maximum absolute atomic E-state index is 4.53. The summed E-state index contributed by atoms with van der Waals surface area (Å²) in [7, 11) is 0. The van der Waals surface area contributed by atoms with Gasteiger partial charge in [0.15, 0.2) is 5.65 Å². The standard InChI is InChI=1S/C18H13N3/c1-3-7-14(8-4-1)16-13-20-21-17(11-12-19-18(16)21)15-9-5-2-6-10-15/h1-13H. The molecule has 3 heteroatoms. The summed E-state index contributed by atoms with van der Waals surface area (Å²) in [5.74, 6) is 0. The first-order valence-corrected chi connectivity index (χ1v) is 6.87. The predicted octanol–water partition coefficient (Wildman–Crippen LogP) is 4.06. The Bertz CT molecular complexity index is 880. The van der Waals surface area contributed by atoms with Crippen molar-refractivity contribution in [3.05, 3.63) is 79.1 Å². The van der Waals surface area contributed by atoms with Crippen molar-refractivity contribution in [2.45, 2.75) is 0 Å². The van der Waals surface area contributed by atoms with Crippen LogP contribution < -0.4 is 0 Å². The van der Waals surface area contributed by atoms with Gasteiger partial charge in [-0.1, -0.05) is 60.7 Å². The third kappa shape index (κ3) is 1.99. The van der Waals surface area contributed by atoms with Crippen LogP contribution in [0.3, 0.4) is 0 Å². The van der Waals surface area contributed by atoms with Crippen molar-refractivity contribution < 1.29 is 0 Å². The lowest BCUT2D eigenvalue weighted by atomic mass is 10.1. The predicted molar refractivity (Wildman–Crippen MR) is 83.9 cm³/mol. The molecule has 2 aromatic heterocycles. The van der Waals surface area contributed by atoms with Crippen molar-refractivity contribution in [2.75, 3.05) is 0 Å². The second-order valence-corrected chi connectivity index (χ2v) is 4.86. The van der Waals surface area contributed by atoms with E-state index in [1.54, 1.807) is 0 Å². The number of benzene rings is 2. The van der Waals surface area contributed by atoms with E-state index in [-0.39, 0.29) is 0 Å². The highest BCUT2D eigenvalue weighted by Gasteiger charge is 2.10. The van der Waals surface area contributed by atoms with E-state index in [9.17, 15) is 0 Å². The topological polar surface area (TPSA) is 30.2 Å². The zero-order valence-corrected chi connectivity index (χ0v) is 11.3. The highest BCUT2D eigenvalue weighted by molar-refractivity contribution is 5.78. The Morgan fingerprint density at radius 3 is 2.10 bits per heavy atom. The van der Waals surface area contributed by atoms with Gasteiger partial charge in [-0.05, 0) is 11.6 Å². The number of nitrogens with zero attached hydrogens (tertiary/aromatic N) is 3. The monoisotopic (exact) mass is 271 g/mol. The molecule has 0 radical (unpaired) electrons. The lowest BCUT2D eigenvalue weighted by molar-refractivity contribution is 0.948. The SMILES string of the molecule is c1ccc(-c2cnn3c(-c4ccccc4)ccnc23)cc1. The van der Waals surface area contributed by atoms with Gasteiger partial charge in [0.25, 0.3) is 0 Å². The second-order valence-electron chi connectivity index (χ2n) is 4.86. The Hall–Kier alpha value is -2.94. The maximum Gasteiger partial charge on any atom is 0.163 e. The van der Waals surface area contributed by atoms with Crippen molar-refractivity contribution in [1.82, 2.24) is 14.6 Å². The number of aromatic nitrogens is 3. The maximum atomic E-state index is 4.53. The van der Waals surface area contributed by atoms with E-state index in [1.165, 1.54) is 0 Å². The molecule has 0 amide bonds. The molecule has 2 aromatic carbocycles. The van der Waals surface area contributed by atoms with E-state index >= 15 is 0 Å². The summed E-state index contributed by atoms with van der Waals surface area (Å²) < 4.78 is 1.90. The van der Waals surface area contributed by atoms with Gasteiger partial charge in [-0.25, -0.2) is 9.50 Å². The number of hydrogen-bond acceptors (Lipinski definition) is 2. The van der Waals surface area contributed by atoms with Crippen LogP contribution >= 0.6 is 0 Å². The molecule has 0 saturated carbocycles. The van der Waals surface area contributed by atoms with Gasteiger partial charge in [-0.3, -0.25) is 0 Å². The summed E-state index contributed by atoms with van der Waals surface area (Å²) in [5, 5.41) is 4.53. The van der Waals surface area contributed by atoms with Gasteiger partial charge in [0, 0.05) is 17.3 Å². The van der Waals surface area contributed by atoms with Crippen LogP contribution in [0.4, 0.5) is 0 Å². The molecule has 4 rings (SSSR count). The van der Waals surface area contributed by atoms with Crippen LogP contribution in [0.15, 0.2) is 79.1 Å². The number of fused-ring (bicyclic) bond motifs is 1. The average Bonchev–Trinajstić information content (AvgIpc) is 3.00. The van der Waals surface area contributed by atoms with E-state index in [1.807, 2.05) is 59.4 Å². The minimum absolute atomic E-state index is 0.877. The molecule has 0 spiro atoms. The van der Waals surface area contributed by atoms with Gasteiger partial charge < -0.3 is 0 Å². The van der Waals surface area contributed by atoms with Crippen molar-refractivity contribution in [3.63, 3.8) is 0 Å². The molecule has 100 valence electrons. The largest absolute Gasteiger partial charge is 0.236 e. The molecule has 0 unspecified atom stereocenters. The molecule has 0 aliphatic heterocycles. The van der Waals surface area contributed by atoms with Gasteiger partial charge in [0.1, 0.15) is 0 Å². The van der Waals surface area contributed by atoms with E-state index in [2.05, 4.69) is 34.3 Å². The van der Waals surface area contributed by atoms with Crippen molar-refractivity contribution in [1.29, 1.82) is 0 Å². The number of rotatable bonds is 2. The van der Waals surface area contributed by atoms with Gasteiger partial charge in [-0.15, -0.1) is 0 Å². The molecular weight excluding hydrogens is 258 g/mol. The third-order valence-corrected chi connectivity index (χ3v) is 3.56. The average molecular weight is 271 g/mol. The summed E-state index contributed by atoms with van der Waals surface area (Å²) in [6.45, 7) is 0. The summed E-state index contributed by atoms with van der Waals surface area (Å²) >= 11 is 0. The second kappa shape index (κ2) is 4.87. The minimum Gasteiger partial charge on any atom is -0.236 e. The Morgan fingerprint density at radius 1 is 0.714 bits per heavy atom. The molecule has 21 heavy (non-hydrogen) atoms. The fraction of sp³-hybridized carbons (Fsp3) is 0. The Labute approximate surface area is 122 Å². The fourth-order valence-corrected chi connectivity index (χ4v) is 2.54. The molecular formula is C18H13N3. The third-order valence-electron chi connectivity index (χ3n) is 3.56. The van der Waals surface area contributed by atoms with Crippen molar-refractivity contribution in [3.8, 4) is 22.4 Å². The van der Waals surface area contributed by atoms with Crippen LogP contribution in [0.5, 0.6) is 0 Å². The van der Waals surface area contributed by atoms with Crippen LogP contribution in [-0.2, 0) is 0 Å². The molecule has 2 heterocycles. The summed E-state index contributed by atoms with van der Waals surface area (Å²) in [6, 6.07) is 22.5. The molecule has 3 nitrogen and oxygen atoms in total. The fourth-order valence-electron chi connectivity index (χ4n) is 2.54. The van der Waals surface area contributed by atoms with Crippen LogP contribution in [-0.4, -0.2) is 14.6 Å². The first-order valence-electron chi connectivity index (χ1n) is 6.87. The molecule has 0 aliphatic carbocycles. The molecule has 0 fully saturated rings. The summed E-state index contributed by atoms with van der Waals surface area (Å²) in [4.78, 5) is 4.50. The Morgan fingerprint density at radius 2 is 1.38 bits per heavy atom. The Kier molecular flexibility index (Phi) is 2.75. The van der Waals surface area contributed by atoms with Crippen LogP contribution in [0.1, 0.15) is 0 Å². The highest BCUT2D eigenvalue weighted by Crippen LogP contribution is 2.26. The van der Waals surface area contributed by atoms with Crippen molar-refractivity contribution in [2.24, 2.45) is 0 Å². The Balaban J connectivity index is 1.96. The van der Waals surface area contributed by atoms with E-state index < -0.39 is 0 Å². The molecule has 4 aromatic rings. The quantitative estimate of drug-likeness (QED) is 0.550. The zero-order chi connectivity index (χ0) is 14.1. The van der Waals surface area contributed by atoms with Gasteiger partial charge in [-0.2, -0.15) is 5.10 Å². The molecule has 0 saturated heterocycles. The first kappa shape index (κ1) is 11.9. The number of hydrogen-bond donors (Lipinski definition) is 0. The van der Waals surface area contributed by atoms with Gasteiger partial charge in [0.2, 0.25) is 0 Å². The van der Waals surface area contributed by atoms with E-state index in [4.69, 9.17) is 0 Å². The van der Waals surface area contributed by atoms with Gasteiger partial charge >= 0.3 is 0 Å². The normalized spacial score (nSPS) is 10.9. The van der Waals surface area contributed by atoms with Crippen LogP contribution in [0, 0.1) is 0 Å². The summed E-state index contributed by atoms with van der Waals surface area (Å²) in [6.07, 6.45) is 3.72. The smallest absolute Gasteiger partial charge is 0.163 e. The molecule has 0 atom stereocenters. The van der Waals surface area contributed by atoms with Crippen molar-refractivity contribution >= 4 is 5.65 Å². The zero-order valence-electron chi connectivity index (χ0n) is 11.3. The lowest BCUT2D eigenvalue weighted by Gasteiger charge is -2.05. The van der Waals surface area contributed by atoms with E-state index in [0.717, 1.165) is 28.0 Å². The molecule has 0 aliphatic rings. The van der Waals surface area contributed by atoms with Crippen LogP contribution in [0.2, 0.25) is 0 Å². The van der Waals surface area contributed by atoms with Gasteiger partial charge in [0.05, 0.1) is 11.9 Å². The first-order chi connectivity index (χ1) is 10.4. The van der Waals surface area contributed by atoms with Crippen LogP contribution in [0.25, 0.3) is 28.0 Å². The van der Waals surface area contributed by atoms with E-state index in [0.29, 0.717) is 0 Å². The highest BCUT2D eigenvalue weighted by atomic mass is 15.3. The molecule has 0 bridgehead atoms. The lowest BCUT2D eigenvalue weighted by Crippen LogP contribution is -1.95. The summed E-state index contributed by atoms with van der Waals surface area (Å²) in [5.41, 5.74) is 5.23.